The molecular formula is C16H19BrO2S. The number of thioether (sulfide) groups is 1. The summed E-state index contributed by atoms with van der Waals surface area (Å²) >= 11 is 5.52. The van der Waals surface area contributed by atoms with Crippen molar-refractivity contribution in [3.63, 3.8) is 0 Å². The number of hydrogen-bond acceptors (Lipinski definition) is 3. The highest BCUT2D eigenvalue weighted by molar-refractivity contribution is 9.10. The average Bonchev–Trinajstić information content (AvgIpc) is 2.89. The smallest absolute Gasteiger partial charge is 0.167 e. The monoisotopic (exact) mass is 354 g/mol. The quantitative estimate of drug-likeness (QED) is 0.743. The molecule has 1 aromatic rings. The normalized spacial score (nSPS) is 29.8. The van der Waals surface area contributed by atoms with E-state index in [0.29, 0.717) is 0 Å². The number of aryl methyl sites for hydroxylation is 1. The van der Waals surface area contributed by atoms with Crippen LogP contribution in [-0.4, -0.2) is 29.5 Å². The summed E-state index contributed by atoms with van der Waals surface area (Å²) in [4.78, 5) is 12.8. The van der Waals surface area contributed by atoms with E-state index in [1.165, 1.54) is 0 Å². The van der Waals surface area contributed by atoms with Crippen molar-refractivity contribution < 1.29 is 9.53 Å². The molecule has 0 radical (unpaired) electrons. The van der Waals surface area contributed by atoms with Crippen molar-refractivity contribution in [2.24, 2.45) is 5.92 Å². The maximum Gasteiger partial charge on any atom is 0.167 e. The number of rotatable bonds is 2. The molecule has 2 unspecified atom stereocenters. The molecule has 108 valence electrons. The maximum atomic E-state index is 12.8. The molecule has 2 heterocycles. The third-order valence-electron chi connectivity index (χ3n) is 4.39. The van der Waals surface area contributed by atoms with Crippen LogP contribution in [0.2, 0.25) is 0 Å². The SMILES string of the molecule is Cc1cccc(C(=O)C2CCOC3(CCSC3)C2)c1Br. The van der Waals surface area contributed by atoms with Gasteiger partial charge in [-0.15, -0.1) is 0 Å². The zero-order valence-corrected chi connectivity index (χ0v) is 14.1. The lowest BCUT2D eigenvalue weighted by Crippen LogP contribution is -2.42. The first-order chi connectivity index (χ1) is 9.61. The molecule has 2 aliphatic heterocycles. The predicted molar refractivity (Wildman–Crippen MR) is 86.6 cm³/mol. The van der Waals surface area contributed by atoms with Gasteiger partial charge in [-0.3, -0.25) is 4.79 Å². The third kappa shape index (κ3) is 2.70. The number of ketones is 1. The number of benzene rings is 1. The summed E-state index contributed by atoms with van der Waals surface area (Å²) in [5.74, 6) is 2.60. The Labute approximate surface area is 132 Å². The minimum Gasteiger partial charge on any atom is -0.374 e. The molecule has 2 saturated heterocycles. The van der Waals surface area contributed by atoms with Gasteiger partial charge in [0.05, 0.1) is 5.60 Å². The second-order valence-electron chi connectivity index (χ2n) is 5.82. The molecule has 0 amide bonds. The maximum absolute atomic E-state index is 12.8. The van der Waals surface area contributed by atoms with Crippen molar-refractivity contribution in [3.05, 3.63) is 33.8 Å². The van der Waals surface area contributed by atoms with Crippen molar-refractivity contribution >= 4 is 33.5 Å². The Hall–Kier alpha value is -0.320. The van der Waals surface area contributed by atoms with Crippen LogP contribution in [0.4, 0.5) is 0 Å². The first-order valence-electron chi connectivity index (χ1n) is 7.12. The van der Waals surface area contributed by atoms with Gasteiger partial charge in [0.1, 0.15) is 0 Å². The Kier molecular flexibility index (Phi) is 4.25. The van der Waals surface area contributed by atoms with Gasteiger partial charge in [0.15, 0.2) is 5.78 Å². The molecule has 0 aliphatic carbocycles. The lowest BCUT2D eigenvalue weighted by Gasteiger charge is -2.37. The number of Topliss-reactive ketones (excluding diaryl/α,β-unsaturated/α-hetero) is 1. The van der Waals surface area contributed by atoms with E-state index < -0.39 is 0 Å². The van der Waals surface area contributed by atoms with Gasteiger partial charge in [0.25, 0.3) is 0 Å². The molecule has 1 spiro atoms. The fourth-order valence-corrected chi connectivity index (χ4v) is 5.01. The summed E-state index contributed by atoms with van der Waals surface area (Å²) < 4.78 is 6.96. The largest absolute Gasteiger partial charge is 0.374 e. The van der Waals surface area contributed by atoms with Gasteiger partial charge in [0, 0.05) is 28.3 Å². The number of hydrogen-bond donors (Lipinski definition) is 0. The molecule has 2 fully saturated rings. The fourth-order valence-electron chi connectivity index (χ4n) is 3.17. The van der Waals surface area contributed by atoms with Crippen molar-refractivity contribution in [2.75, 3.05) is 18.1 Å². The first kappa shape index (κ1) is 14.6. The summed E-state index contributed by atoms with van der Waals surface area (Å²) in [5, 5.41) is 0. The van der Waals surface area contributed by atoms with Gasteiger partial charge in [-0.2, -0.15) is 11.8 Å². The van der Waals surface area contributed by atoms with Crippen LogP contribution in [0, 0.1) is 12.8 Å². The van der Waals surface area contributed by atoms with E-state index in [2.05, 4.69) is 15.9 Å². The van der Waals surface area contributed by atoms with E-state index in [9.17, 15) is 4.79 Å². The van der Waals surface area contributed by atoms with Gasteiger partial charge < -0.3 is 4.74 Å². The van der Waals surface area contributed by atoms with Crippen molar-refractivity contribution in [3.8, 4) is 0 Å². The summed E-state index contributed by atoms with van der Waals surface area (Å²) in [6, 6.07) is 5.93. The Balaban J connectivity index is 1.81. The van der Waals surface area contributed by atoms with Crippen LogP contribution in [0.5, 0.6) is 0 Å². The van der Waals surface area contributed by atoms with E-state index in [0.717, 1.165) is 53.0 Å². The van der Waals surface area contributed by atoms with E-state index in [1.807, 2.05) is 36.9 Å². The molecular weight excluding hydrogens is 336 g/mol. The fraction of sp³-hybridized carbons (Fsp3) is 0.562. The highest BCUT2D eigenvalue weighted by atomic mass is 79.9. The number of halogens is 1. The van der Waals surface area contributed by atoms with Crippen LogP contribution < -0.4 is 0 Å². The van der Waals surface area contributed by atoms with Gasteiger partial charge in [0.2, 0.25) is 0 Å². The summed E-state index contributed by atoms with van der Waals surface area (Å²) in [7, 11) is 0. The first-order valence-corrected chi connectivity index (χ1v) is 9.07. The number of carbonyl (C=O) groups excluding carboxylic acids is 1. The Morgan fingerprint density at radius 2 is 2.35 bits per heavy atom. The summed E-state index contributed by atoms with van der Waals surface area (Å²) in [6.45, 7) is 2.75. The van der Waals surface area contributed by atoms with Crippen molar-refractivity contribution in [2.45, 2.75) is 31.8 Å². The second kappa shape index (κ2) is 5.82. The van der Waals surface area contributed by atoms with Crippen LogP contribution in [0.15, 0.2) is 22.7 Å². The predicted octanol–water partition coefficient (Wildman–Crippen LogP) is 4.24. The molecule has 1 aromatic carbocycles. The van der Waals surface area contributed by atoms with E-state index in [4.69, 9.17) is 4.74 Å². The third-order valence-corrected chi connectivity index (χ3v) is 6.66. The topological polar surface area (TPSA) is 26.3 Å². The zero-order valence-electron chi connectivity index (χ0n) is 11.7. The molecule has 2 atom stereocenters. The van der Waals surface area contributed by atoms with E-state index >= 15 is 0 Å². The molecule has 2 nitrogen and oxygen atoms in total. The molecule has 3 rings (SSSR count). The average molecular weight is 355 g/mol. The summed E-state index contributed by atoms with van der Waals surface area (Å²) in [6.07, 6.45) is 2.83. The van der Waals surface area contributed by atoms with E-state index in [1.54, 1.807) is 0 Å². The highest BCUT2D eigenvalue weighted by Crippen LogP contribution is 2.41. The molecule has 2 aliphatic rings. The zero-order chi connectivity index (χ0) is 14.2. The standard InChI is InChI=1S/C16H19BrO2S/c1-11-3-2-4-13(14(11)17)15(18)12-5-7-19-16(9-12)6-8-20-10-16/h2-4,12H,5-10H2,1H3. The van der Waals surface area contributed by atoms with Crippen LogP contribution in [-0.2, 0) is 4.74 Å². The lowest BCUT2D eigenvalue weighted by molar-refractivity contribution is -0.0734. The van der Waals surface area contributed by atoms with Crippen molar-refractivity contribution in [1.82, 2.24) is 0 Å². The van der Waals surface area contributed by atoms with Crippen LogP contribution >= 0.6 is 27.7 Å². The lowest BCUT2D eigenvalue weighted by atomic mass is 9.81. The van der Waals surface area contributed by atoms with Crippen LogP contribution in [0.1, 0.15) is 35.2 Å². The van der Waals surface area contributed by atoms with Crippen LogP contribution in [0.3, 0.4) is 0 Å². The minimum atomic E-state index is -0.0282. The van der Waals surface area contributed by atoms with Gasteiger partial charge in [-0.25, -0.2) is 0 Å². The van der Waals surface area contributed by atoms with Crippen molar-refractivity contribution in [1.29, 1.82) is 0 Å². The molecule has 0 saturated carbocycles. The molecule has 4 heteroatoms. The van der Waals surface area contributed by atoms with E-state index in [-0.39, 0.29) is 17.3 Å². The van der Waals surface area contributed by atoms with Gasteiger partial charge in [-0.1, -0.05) is 18.2 Å². The molecule has 20 heavy (non-hydrogen) atoms. The number of ether oxygens (including phenoxy) is 1. The Morgan fingerprint density at radius 3 is 3.10 bits per heavy atom. The second-order valence-corrected chi connectivity index (χ2v) is 7.72. The minimum absolute atomic E-state index is 0.0282. The van der Waals surface area contributed by atoms with Gasteiger partial charge >= 0.3 is 0 Å². The van der Waals surface area contributed by atoms with Crippen LogP contribution in [0.25, 0.3) is 0 Å². The Bertz CT molecular complexity index is 523. The molecule has 0 bridgehead atoms. The molecule has 0 aromatic heterocycles. The number of carbonyl (C=O) groups is 1. The molecule has 0 N–H and O–H groups in total. The van der Waals surface area contributed by atoms with Gasteiger partial charge in [-0.05, 0) is 53.4 Å². The summed E-state index contributed by atoms with van der Waals surface area (Å²) in [5.41, 5.74) is 1.92. The highest BCUT2D eigenvalue weighted by Gasteiger charge is 2.42. The Morgan fingerprint density at radius 1 is 1.50 bits per heavy atom.